The van der Waals surface area contributed by atoms with Gasteiger partial charge in [0.05, 0.1) is 5.69 Å². The summed E-state index contributed by atoms with van der Waals surface area (Å²) in [6.07, 6.45) is 5.43. The first kappa shape index (κ1) is 10.7. The van der Waals surface area contributed by atoms with Crippen molar-refractivity contribution < 1.29 is 0 Å². The van der Waals surface area contributed by atoms with Gasteiger partial charge in [0.2, 0.25) is 5.95 Å². The van der Waals surface area contributed by atoms with E-state index in [1.807, 2.05) is 17.5 Å². The van der Waals surface area contributed by atoms with Crippen LogP contribution >= 0.6 is 11.3 Å². The maximum absolute atomic E-state index is 4.66. The molecule has 0 saturated heterocycles. The summed E-state index contributed by atoms with van der Waals surface area (Å²) >= 11 is 1.84. The maximum atomic E-state index is 4.66. The fourth-order valence-corrected chi connectivity index (χ4v) is 3.17. The summed E-state index contributed by atoms with van der Waals surface area (Å²) in [4.78, 5) is 10.5. The van der Waals surface area contributed by atoms with E-state index in [-0.39, 0.29) is 0 Å². The molecular weight excluding hydrogens is 230 g/mol. The second-order valence-electron chi connectivity index (χ2n) is 4.21. The number of nitrogens with one attached hydrogen (secondary N) is 1. The van der Waals surface area contributed by atoms with Crippen molar-refractivity contribution in [3.63, 3.8) is 0 Å². The van der Waals surface area contributed by atoms with Crippen LogP contribution in [0, 0.1) is 0 Å². The molecule has 1 N–H and O–H groups in total. The van der Waals surface area contributed by atoms with E-state index >= 15 is 0 Å². The normalized spacial score (nSPS) is 13.7. The van der Waals surface area contributed by atoms with Crippen LogP contribution in [0.4, 0.5) is 5.95 Å². The van der Waals surface area contributed by atoms with Gasteiger partial charge in [0, 0.05) is 23.2 Å². The Labute approximate surface area is 105 Å². The molecule has 1 aliphatic carbocycles. The highest BCUT2D eigenvalue weighted by atomic mass is 32.1. The van der Waals surface area contributed by atoms with Crippen molar-refractivity contribution in [2.45, 2.75) is 26.2 Å². The molecule has 0 amide bonds. The first-order chi connectivity index (χ1) is 8.38. The number of thiophene rings is 1. The molecular formula is C13H15N3S. The largest absolute Gasteiger partial charge is 0.354 e. The monoisotopic (exact) mass is 245 g/mol. The van der Waals surface area contributed by atoms with Crippen LogP contribution < -0.4 is 5.32 Å². The molecule has 17 heavy (non-hydrogen) atoms. The van der Waals surface area contributed by atoms with Gasteiger partial charge in [0.15, 0.2) is 0 Å². The van der Waals surface area contributed by atoms with Gasteiger partial charge in [-0.1, -0.05) is 0 Å². The minimum Gasteiger partial charge on any atom is -0.354 e. The summed E-state index contributed by atoms with van der Waals surface area (Å²) in [5, 5.41) is 5.34. The number of hydrogen-bond donors (Lipinski definition) is 1. The van der Waals surface area contributed by atoms with E-state index in [9.17, 15) is 0 Å². The smallest absolute Gasteiger partial charge is 0.223 e. The Bertz CT molecular complexity index is 533. The average molecular weight is 245 g/mol. The predicted molar refractivity (Wildman–Crippen MR) is 71.5 cm³/mol. The zero-order chi connectivity index (χ0) is 11.7. The number of anilines is 1. The van der Waals surface area contributed by atoms with Crippen molar-refractivity contribution in [3.05, 3.63) is 28.1 Å². The lowest BCUT2D eigenvalue weighted by Crippen LogP contribution is -2.04. The molecule has 0 spiro atoms. The van der Waals surface area contributed by atoms with Gasteiger partial charge in [0.25, 0.3) is 0 Å². The van der Waals surface area contributed by atoms with Gasteiger partial charge in [-0.2, -0.15) is 0 Å². The van der Waals surface area contributed by atoms with Crippen molar-refractivity contribution in [3.8, 4) is 11.3 Å². The zero-order valence-corrected chi connectivity index (χ0v) is 10.7. The average Bonchev–Trinajstić information content (AvgIpc) is 2.73. The Morgan fingerprint density at radius 1 is 1.41 bits per heavy atom. The molecule has 0 unspecified atom stereocenters. The van der Waals surface area contributed by atoms with E-state index in [4.69, 9.17) is 0 Å². The highest BCUT2D eigenvalue weighted by Gasteiger charge is 2.17. The Balaban J connectivity index is 2.12. The summed E-state index contributed by atoms with van der Waals surface area (Å²) < 4.78 is 0. The van der Waals surface area contributed by atoms with Gasteiger partial charge >= 0.3 is 0 Å². The minimum absolute atomic E-state index is 0.741. The van der Waals surface area contributed by atoms with E-state index in [1.165, 1.54) is 28.8 Å². The molecule has 0 fully saturated rings. The van der Waals surface area contributed by atoms with Crippen LogP contribution in [0.2, 0.25) is 0 Å². The Morgan fingerprint density at radius 3 is 3.24 bits per heavy atom. The lowest BCUT2D eigenvalue weighted by atomic mass is 10.1. The van der Waals surface area contributed by atoms with Gasteiger partial charge in [-0.3, -0.25) is 0 Å². The molecule has 3 rings (SSSR count). The van der Waals surface area contributed by atoms with Crippen LogP contribution in [0.3, 0.4) is 0 Å². The zero-order valence-electron chi connectivity index (χ0n) is 9.86. The van der Waals surface area contributed by atoms with Gasteiger partial charge in [0.1, 0.15) is 0 Å². The Morgan fingerprint density at radius 2 is 2.35 bits per heavy atom. The number of nitrogens with zero attached hydrogens (tertiary/aromatic N) is 2. The van der Waals surface area contributed by atoms with Crippen LogP contribution in [-0.4, -0.2) is 16.5 Å². The first-order valence-corrected chi connectivity index (χ1v) is 6.93. The number of aromatic nitrogens is 2. The number of rotatable bonds is 2. The summed E-state index contributed by atoms with van der Waals surface area (Å²) in [7, 11) is 0. The molecule has 0 atom stereocenters. The number of fused-ring (bicyclic) bond motifs is 3. The second kappa shape index (κ2) is 4.45. The predicted octanol–water partition coefficient (Wildman–Crippen LogP) is 3.13. The van der Waals surface area contributed by atoms with Crippen LogP contribution in [0.15, 0.2) is 17.6 Å². The van der Waals surface area contributed by atoms with Crippen LogP contribution in [0.5, 0.6) is 0 Å². The van der Waals surface area contributed by atoms with E-state index in [0.29, 0.717) is 0 Å². The Hall–Kier alpha value is -1.42. The topological polar surface area (TPSA) is 37.8 Å². The standard InChI is InChI=1S/C13H15N3S/c1-2-14-13-15-8-9-4-3-5-11-10(6-7-17-11)12(9)16-13/h6-8H,2-5H2,1H3,(H,14,15,16). The van der Waals surface area contributed by atoms with Gasteiger partial charge in [-0.15, -0.1) is 11.3 Å². The van der Waals surface area contributed by atoms with E-state index < -0.39 is 0 Å². The van der Waals surface area contributed by atoms with Gasteiger partial charge in [-0.05, 0) is 43.2 Å². The molecule has 0 bridgehead atoms. The van der Waals surface area contributed by atoms with E-state index in [1.54, 1.807) is 0 Å². The lowest BCUT2D eigenvalue weighted by molar-refractivity contribution is 0.837. The molecule has 0 aliphatic heterocycles. The summed E-state index contributed by atoms with van der Waals surface area (Å²) in [6, 6.07) is 2.19. The van der Waals surface area contributed by atoms with Crippen molar-refractivity contribution >= 4 is 17.3 Å². The maximum Gasteiger partial charge on any atom is 0.223 e. The lowest BCUT2D eigenvalue weighted by Gasteiger charge is -2.07. The number of aryl methyl sites for hydroxylation is 2. The molecule has 0 aromatic carbocycles. The SMILES string of the molecule is CCNc1ncc2c(n1)-c1ccsc1CCC2. The van der Waals surface area contributed by atoms with E-state index in [2.05, 4.69) is 33.7 Å². The molecule has 2 aromatic heterocycles. The quantitative estimate of drug-likeness (QED) is 0.883. The fourth-order valence-electron chi connectivity index (χ4n) is 2.25. The molecule has 4 heteroatoms. The van der Waals surface area contributed by atoms with Crippen molar-refractivity contribution in [1.29, 1.82) is 0 Å². The second-order valence-corrected chi connectivity index (χ2v) is 5.21. The Kier molecular flexibility index (Phi) is 2.81. The highest BCUT2D eigenvalue weighted by Crippen LogP contribution is 2.34. The molecule has 3 nitrogen and oxygen atoms in total. The fraction of sp³-hybridized carbons (Fsp3) is 0.385. The highest BCUT2D eigenvalue weighted by molar-refractivity contribution is 7.10. The summed E-state index contributed by atoms with van der Waals surface area (Å²) in [5.41, 5.74) is 3.72. The van der Waals surface area contributed by atoms with Gasteiger partial charge < -0.3 is 5.32 Å². The van der Waals surface area contributed by atoms with Crippen LogP contribution in [0.1, 0.15) is 23.8 Å². The molecule has 2 aromatic rings. The minimum atomic E-state index is 0.741. The third kappa shape index (κ3) is 1.93. The molecule has 2 heterocycles. The van der Waals surface area contributed by atoms with E-state index in [0.717, 1.165) is 24.6 Å². The third-order valence-corrected chi connectivity index (χ3v) is 4.03. The summed E-state index contributed by atoms with van der Waals surface area (Å²) in [5.74, 6) is 0.741. The third-order valence-electron chi connectivity index (χ3n) is 3.05. The molecule has 88 valence electrons. The van der Waals surface area contributed by atoms with Crippen molar-refractivity contribution in [1.82, 2.24) is 9.97 Å². The van der Waals surface area contributed by atoms with Crippen molar-refractivity contribution in [2.24, 2.45) is 0 Å². The molecule has 0 radical (unpaired) electrons. The summed E-state index contributed by atoms with van der Waals surface area (Å²) in [6.45, 7) is 2.92. The molecule has 1 aliphatic rings. The number of hydrogen-bond acceptors (Lipinski definition) is 4. The van der Waals surface area contributed by atoms with Gasteiger partial charge in [-0.25, -0.2) is 9.97 Å². The molecule has 0 saturated carbocycles. The van der Waals surface area contributed by atoms with Crippen LogP contribution in [0.25, 0.3) is 11.3 Å². The van der Waals surface area contributed by atoms with Crippen LogP contribution in [-0.2, 0) is 12.8 Å². The van der Waals surface area contributed by atoms with Crippen molar-refractivity contribution in [2.75, 3.05) is 11.9 Å². The first-order valence-electron chi connectivity index (χ1n) is 6.05.